The first kappa shape index (κ1) is 23.7. The molecule has 0 bridgehead atoms. The minimum atomic E-state index is -1.69. The molecule has 0 radical (unpaired) electrons. The van der Waals surface area contributed by atoms with Crippen molar-refractivity contribution in [3.8, 4) is 5.75 Å². The summed E-state index contributed by atoms with van der Waals surface area (Å²) in [5.74, 6) is 0.0958. The number of nitrogens with zero attached hydrogens (tertiary/aromatic N) is 1. The normalized spacial score (nSPS) is 41.0. The van der Waals surface area contributed by atoms with E-state index in [0.29, 0.717) is 0 Å². The van der Waals surface area contributed by atoms with E-state index in [0.717, 1.165) is 0 Å². The molecule has 0 unspecified atom stereocenters. The van der Waals surface area contributed by atoms with Crippen molar-refractivity contribution in [2.24, 2.45) is 0 Å². The van der Waals surface area contributed by atoms with Crippen molar-refractivity contribution in [1.29, 1.82) is 0 Å². The third-order valence-electron chi connectivity index (χ3n) is 5.22. The fraction of sp³-hybridized carbons (Fsp3) is 0.667. The number of aliphatic hydroxyl groups is 6. The third-order valence-corrected chi connectivity index (χ3v) is 5.22. The fourth-order valence-electron chi connectivity index (χ4n) is 3.36. The summed E-state index contributed by atoms with van der Waals surface area (Å²) < 4.78 is 22.0. The summed E-state index contributed by atoms with van der Waals surface area (Å²) in [5, 5.41) is 70.9. The van der Waals surface area contributed by atoms with Crippen molar-refractivity contribution in [3.05, 3.63) is 34.4 Å². The van der Waals surface area contributed by atoms with Crippen LogP contribution in [-0.2, 0) is 14.2 Å². The van der Waals surface area contributed by atoms with Gasteiger partial charge in [0.15, 0.2) is 12.4 Å². The first-order valence-corrected chi connectivity index (χ1v) is 9.52. The summed E-state index contributed by atoms with van der Waals surface area (Å²) >= 11 is 0. The van der Waals surface area contributed by atoms with Gasteiger partial charge >= 0.3 is 0 Å². The van der Waals surface area contributed by atoms with Crippen molar-refractivity contribution in [2.75, 3.05) is 6.61 Å². The molecule has 174 valence electrons. The maximum Gasteiger partial charge on any atom is 0.269 e. The molecule has 1 aromatic carbocycles. The zero-order valence-corrected chi connectivity index (χ0v) is 16.4. The summed E-state index contributed by atoms with van der Waals surface area (Å²) in [7, 11) is 0. The number of hydrogen-bond acceptors (Lipinski definition) is 12. The molecule has 13 nitrogen and oxygen atoms in total. The molecule has 0 aliphatic carbocycles. The summed E-state index contributed by atoms with van der Waals surface area (Å²) in [6.07, 6.45) is -14.5. The highest BCUT2D eigenvalue weighted by atomic mass is 16.8. The van der Waals surface area contributed by atoms with Crippen molar-refractivity contribution in [1.82, 2.24) is 0 Å². The molecule has 6 N–H and O–H groups in total. The molecular formula is C18H25NO12. The smallest absolute Gasteiger partial charge is 0.269 e. The maximum atomic E-state index is 10.8. The monoisotopic (exact) mass is 447 g/mol. The van der Waals surface area contributed by atoms with Crippen LogP contribution >= 0.6 is 0 Å². The predicted molar refractivity (Wildman–Crippen MR) is 98.7 cm³/mol. The minimum Gasteiger partial charge on any atom is -0.462 e. The van der Waals surface area contributed by atoms with Crippen LogP contribution in [0.15, 0.2) is 24.3 Å². The van der Waals surface area contributed by atoms with E-state index >= 15 is 0 Å². The second-order valence-corrected chi connectivity index (χ2v) is 7.36. The molecule has 10 atom stereocenters. The van der Waals surface area contributed by atoms with E-state index in [2.05, 4.69) is 0 Å². The molecule has 0 saturated carbocycles. The van der Waals surface area contributed by atoms with Crippen LogP contribution in [0.2, 0.25) is 0 Å². The highest BCUT2D eigenvalue weighted by Gasteiger charge is 2.50. The number of ether oxygens (including phenoxy) is 4. The van der Waals surface area contributed by atoms with Crippen LogP contribution in [0, 0.1) is 10.1 Å². The zero-order chi connectivity index (χ0) is 22.9. The van der Waals surface area contributed by atoms with Gasteiger partial charge in [-0.1, -0.05) is 0 Å². The summed E-state index contributed by atoms with van der Waals surface area (Å²) in [5.41, 5.74) is -0.186. The van der Waals surface area contributed by atoms with Gasteiger partial charge in [-0.15, -0.1) is 0 Å². The zero-order valence-electron chi connectivity index (χ0n) is 16.4. The second kappa shape index (κ2) is 9.68. The highest BCUT2D eigenvalue weighted by Crippen LogP contribution is 2.31. The van der Waals surface area contributed by atoms with E-state index in [-0.39, 0.29) is 11.4 Å². The summed E-state index contributed by atoms with van der Waals surface area (Å²) in [6, 6.07) is 4.91. The number of nitro groups is 1. The number of rotatable bonds is 6. The molecule has 2 heterocycles. The Bertz CT molecular complexity index is 748. The van der Waals surface area contributed by atoms with Gasteiger partial charge in [-0.2, -0.15) is 0 Å². The lowest BCUT2D eigenvalue weighted by Crippen LogP contribution is -2.64. The number of hydrogen-bond donors (Lipinski definition) is 6. The number of non-ortho nitro benzene ring substituents is 1. The van der Waals surface area contributed by atoms with Crippen molar-refractivity contribution >= 4 is 5.69 Å². The van der Waals surface area contributed by atoms with E-state index < -0.39 is 72.9 Å². The standard InChI is InChI=1S/C18H25NO12/c1-7-11(21)13(23)15(25)17(28-7)31-16-14(24)12(22)10(6-20)30-18(16)29-9-4-2-8(3-5-9)19(26)27/h2-5,7,10-18,20-25H,6H2,1H3/t7-,10+,11-,12+,13-,14-,15-,16+,17+,18+/m1/s1. The molecule has 2 aliphatic rings. The van der Waals surface area contributed by atoms with E-state index in [9.17, 15) is 40.8 Å². The van der Waals surface area contributed by atoms with E-state index in [1.165, 1.54) is 31.2 Å². The van der Waals surface area contributed by atoms with Gasteiger partial charge in [0.2, 0.25) is 6.29 Å². The lowest BCUT2D eigenvalue weighted by Gasteiger charge is -2.45. The van der Waals surface area contributed by atoms with E-state index in [4.69, 9.17) is 18.9 Å². The quantitative estimate of drug-likeness (QED) is 0.200. The van der Waals surface area contributed by atoms with Crippen LogP contribution < -0.4 is 4.74 Å². The topological polar surface area (TPSA) is 201 Å². The molecule has 1 aromatic rings. The van der Waals surface area contributed by atoms with Gasteiger partial charge in [-0.3, -0.25) is 10.1 Å². The van der Waals surface area contributed by atoms with Crippen molar-refractivity contribution in [2.45, 2.75) is 68.3 Å². The molecule has 31 heavy (non-hydrogen) atoms. The van der Waals surface area contributed by atoms with Gasteiger partial charge < -0.3 is 49.6 Å². The van der Waals surface area contributed by atoms with Gasteiger partial charge in [-0.05, 0) is 19.1 Å². The van der Waals surface area contributed by atoms with Crippen LogP contribution in [0.5, 0.6) is 5.75 Å². The Morgan fingerprint density at radius 2 is 1.58 bits per heavy atom. The average Bonchev–Trinajstić information content (AvgIpc) is 2.75. The molecule has 2 aliphatic heterocycles. The van der Waals surface area contributed by atoms with Crippen LogP contribution in [0.25, 0.3) is 0 Å². The highest BCUT2D eigenvalue weighted by molar-refractivity contribution is 5.36. The maximum absolute atomic E-state index is 10.8. The molecule has 2 fully saturated rings. The van der Waals surface area contributed by atoms with Crippen LogP contribution in [0.1, 0.15) is 6.92 Å². The second-order valence-electron chi connectivity index (χ2n) is 7.36. The molecule has 0 aromatic heterocycles. The Labute approximate surface area is 176 Å². The first-order chi connectivity index (χ1) is 14.6. The number of aliphatic hydroxyl groups excluding tert-OH is 6. The van der Waals surface area contributed by atoms with Gasteiger partial charge in [0.25, 0.3) is 5.69 Å². The third kappa shape index (κ3) is 4.95. The van der Waals surface area contributed by atoms with Gasteiger partial charge in [0.1, 0.15) is 42.4 Å². The van der Waals surface area contributed by atoms with E-state index in [1.54, 1.807) is 0 Å². The lowest BCUT2D eigenvalue weighted by molar-refractivity contribution is -0.384. The molecule has 2 saturated heterocycles. The van der Waals surface area contributed by atoms with Crippen molar-refractivity contribution < 1.29 is 54.5 Å². The minimum absolute atomic E-state index is 0.0958. The summed E-state index contributed by atoms with van der Waals surface area (Å²) in [4.78, 5) is 10.2. The Morgan fingerprint density at radius 3 is 2.16 bits per heavy atom. The number of nitro benzene ring substituents is 1. The Morgan fingerprint density at radius 1 is 0.935 bits per heavy atom. The Hall–Kier alpha value is -1.94. The van der Waals surface area contributed by atoms with Gasteiger partial charge in [0.05, 0.1) is 17.6 Å². The van der Waals surface area contributed by atoms with Gasteiger partial charge in [-0.25, -0.2) is 0 Å². The SMILES string of the molecule is C[C@H]1O[C@@H](O[C@@H]2[C@@H](Oc3ccc([N+](=O)[O-])cc3)O[C@@H](CO)[C@H](O)[C@H]2O)[C@H](O)[C@H](O)[C@@H]1O. The fourth-order valence-corrected chi connectivity index (χ4v) is 3.36. The average molecular weight is 447 g/mol. The lowest BCUT2D eigenvalue weighted by atomic mass is 9.97. The molecular weight excluding hydrogens is 422 g/mol. The van der Waals surface area contributed by atoms with Gasteiger partial charge in [0, 0.05) is 12.1 Å². The Balaban J connectivity index is 1.81. The Kier molecular flexibility index (Phi) is 7.41. The molecule has 0 spiro atoms. The molecule has 0 amide bonds. The molecule has 13 heteroatoms. The van der Waals surface area contributed by atoms with Crippen LogP contribution in [0.3, 0.4) is 0 Å². The van der Waals surface area contributed by atoms with E-state index in [1.807, 2.05) is 0 Å². The molecule has 3 rings (SSSR count). The first-order valence-electron chi connectivity index (χ1n) is 9.52. The predicted octanol–water partition coefficient (Wildman–Crippen LogP) is -2.37. The summed E-state index contributed by atoms with van der Waals surface area (Å²) in [6.45, 7) is 0.779. The van der Waals surface area contributed by atoms with Crippen molar-refractivity contribution in [3.63, 3.8) is 0 Å². The number of benzene rings is 1. The van der Waals surface area contributed by atoms with Crippen LogP contribution in [0.4, 0.5) is 5.69 Å². The van der Waals surface area contributed by atoms with Crippen LogP contribution in [-0.4, -0.2) is 104 Å². The largest absolute Gasteiger partial charge is 0.462 e.